The van der Waals surface area contributed by atoms with Crippen molar-refractivity contribution >= 4 is 21.6 Å². The third kappa shape index (κ3) is 2.96. The smallest absolute Gasteiger partial charge is 0.315 e. The standard InChI is InChI=1S/C7H8BrN3O/c1-5(2)11-12-7-9-3-6(8)4-10-7/h3-4H,1-2H3. The fourth-order valence-electron chi connectivity index (χ4n) is 0.480. The maximum Gasteiger partial charge on any atom is 0.345 e. The predicted molar refractivity (Wildman–Crippen MR) is 49.1 cm³/mol. The van der Waals surface area contributed by atoms with Crippen LogP contribution < -0.4 is 4.84 Å². The van der Waals surface area contributed by atoms with Gasteiger partial charge in [0.1, 0.15) is 0 Å². The van der Waals surface area contributed by atoms with Crippen LogP contribution in [0.3, 0.4) is 0 Å². The molecule has 1 aromatic rings. The summed E-state index contributed by atoms with van der Waals surface area (Å²) in [5, 5.41) is 3.70. The summed E-state index contributed by atoms with van der Waals surface area (Å²) in [6, 6.07) is 0.249. The molecule has 0 unspecified atom stereocenters. The molecule has 0 aromatic carbocycles. The van der Waals surface area contributed by atoms with Crippen molar-refractivity contribution in [3.63, 3.8) is 0 Å². The van der Waals surface area contributed by atoms with E-state index in [0.717, 1.165) is 10.2 Å². The van der Waals surface area contributed by atoms with Crippen LogP contribution in [0.2, 0.25) is 0 Å². The predicted octanol–water partition coefficient (Wildman–Crippen LogP) is 2.01. The quantitative estimate of drug-likeness (QED) is 0.576. The molecule has 0 atom stereocenters. The summed E-state index contributed by atoms with van der Waals surface area (Å²) in [7, 11) is 0. The Morgan fingerprint density at radius 2 is 2.00 bits per heavy atom. The summed E-state index contributed by atoms with van der Waals surface area (Å²) >= 11 is 3.21. The van der Waals surface area contributed by atoms with Crippen LogP contribution in [0, 0.1) is 0 Å². The van der Waals surface area contributed by atoms with Gasteiger partial charge in [0, 0.05) is 12.4 Å². The summed E-state index contributed by atoms with van der Waals surface area (Å²) in [5.41, 5.74) is 0.821. The van der Waals surface area contributed by atoms with Gasteiger partial charge in [0.05, 0.1) is 10.2 Å². The van der Waals surface area contributed by atoms with E-state index in [9.17, 15) is 0 Å². The van der Waals surface area contributed by atoms with Gasteiger partial charge in [-0.1, -0.05) is 5.16 Å². The molecule has 5 heteroatoms. The molecule has 12 heavy (non-hydrogen) atoms. The van der Waals surface area contributed by atoms with Gasteiger partial charge in [-0.3, -0.25) is 0 Å². The van der Waals surface area contributed by atoms with Crippen molar-refractivity contribution in [1.29, 1.82) is 0 Å². The molecule has 0 aliphatic heterocycles. The molecule has 0 spiro atoms. The molecule has 0 N–H and O–H groups in total. The number of nitrogens with zero attached hydrogens (tertiary/aromatic N) is 3. The lowest BCUT2D eigenvalue weighted by atomic mass is 10.5. The van der Waals surface area contributed by atoms with Crippen LogP contribution in [0.4, 0.5) is 0 Å². The zero-order valence-corrected chi connectivity index (χ0v) is 8.37. The van der Waals surface area contributed by atoms with Gasteiger partial charge in [-0.2, -0.15) is 0 Å². The minimum Gasteiger partial charge on any atom is -0.315 e. The highest BCUT2D eigenvalue weighted by Gasteiger charge is 1.94. The molecular weight excluding hydrogens is 222 g/mol. The van der Waals surface area contributed by atoms with Gasteiger partial charge in [0.25, 0.3) is 0 Å². The van der Waals surface area contributed by atoms with Gasteiger partial charge in [-0.05, 0) is 29.8 Å². The van der Waals surface area contributed by atoms with Crippen molar-refractivity contribution in [2.24, 2.45) is 5.16 Å². The molecule has 4 nitrogen and oxygen atoms in total. The Balaban J connectivity index is 2.65. The lowest BCUT2D eigenvalue weighted by molar-refractivity contribution is 0.312. The van der Waals surface area contributed by atoms with Crippen LogP contribution >= 0.6 is 15.9 Å². The molecule has 64 valence electrons. The first-order chi connectivity index (χ1) is 5.68. The third-order valence-corrected chi connectivity index (χ3v) is 1.32. The Kier molecular flexibility index (Phi) is 3.16. The summed E-state index contributed by atoms with van der Waals surface area (Å²) in [4.78, 5) is 12.6. The number of hydrogen-bond donors (Lipinski definition) is 0. The van der Waals surface area contributed by atoms with E-state index in [1.54, 1.807) is 12.4 Å². The topological polar surface area (TPSA) is 47.4 Å². The molecule has 0 aliphatic carbocycles. The summed E-state index contributed by atoms with van der Waals surface area (Å²) in [5.74, 6) is 0. The van der Waals surface area contributed by atoms with E-state index < -0.39 is 0 Å². The summed E-state index contributed by atoms with van der Waals surface area (Å²) < 4.78 is 0.812. The molecule has 0 radical (unpaired) electrons. The van der Waals surface area contributed by atoms with Crippen LogP contribution in [-0.4, -0.2) is 15.7 Å². The lowest BCUT2D eigenvalue weighted by Crippen LogP contribution is -1.93. The minimum absolute atomic E-state index is 0.249. The Morgan fingerprint density at radius 1 is 1.42 bits per heavy atom. The monoisotopic (exact) mass is 229 g/mol. The molecule has 0 aliphatic rings. The van der Waals surface area contributed by atoms with Crippen molar-refractivity contribution in [3.05, 3.63) is 16.9 Å². The van der Waals surface area contributed by atoms with E-state index in [1.807, 2.05) is 13.8 Å². The van der Waals surface area contributed by atoms with Crippen LogP contribution in [-0.2, 0) is 0 Å². The van der Waals surface area contributed by atoms with E-state index in [-0.39, 0.29) is 6.01 Å². The first-order valence-electron chi connectivity index (χ1n) is 3.34. The van der Waals surface area contributed by atoms with Crippen molar-refractivity contribution in [2.45, 2.75) is 13.8 Å². The summed E-state index contributed by atoms with van der Waals surface area (Å²) in [6.07, 6.45) is 3.20. The Morgan fingerprint density at radius 3 is 2.50 bits per heavy atom. The van der Waals surface area contributed by atoms with E-state index in [2.05, 4.69) is 31.1 Å². The second kappa shape index (κ2) is 4.15. The van der Waals surface area contributed by atoms with Crippen molar-refractivity contribution in [1.82, 2.24) is 9.97 Å². The van der Waals surface area contributed by atoms with Crippen LogP contribution in [0.15, 0.2) is 22.0 Å². The molecule has 1 heterocycles. The Bertz CT molecular complexity index is 279. The zero-order valence-electron chi connectivity index (χ0n) is 6.78. The fourth-order valence-corrected chi connectivity index (χ4v) is 0.684. The molecule has 0 saturated heterocycles. The minimum atomic E-state index is 0.249. The highest BCUT2D eigenvalue weighted by molar-refractivity contribution is 9.10. The number of halogens is 1. The van der Waals surface area contributed by atoms with E-state index in [4.69, 9.17) is 4.84 Å². The average Bonchev–Trinajstić information content (AvgIpc) is 2.03. The van der Waals surface area contributed by atoms with E-state index in [1.165, 1.54) is 0 Å². The number of rotatable bonds is 2. The van der Waals surface area contributed by atoms with Gasteiger partial charge < -0.3 is 4.84 Å². The first kappa shape index (κ1) is 9.12. The normalized spacial score (nSPS) is 9.25. The number of aromatic nitrogens is 2. The lowest BCUT2D eigenvalue weighted by Gasteiger charge is -1.95. The van der Waals surface area contributed by atoms with Gasteiger partial charge in [0.15, 0.2) is 0 Å². The van der Waals surface area contributed by atoms with Crippen molar-refractivity contribution in [2.75, 3.05) is 0 Å². The molecule has 0 saturated carbocycles. The molecule has 0 amide bonds. The highest BCUT2D eigenvalue weighted by atomic mass is 79.9. The number of hydrogen-bond acceptors (Lipinski definition) is 4. The van der Waals surface area contributed by atoms with Gasteiger partial charge in [0.2, 0.25) is 0 Å². The second-order valence-corrected chi connectivity index (χ2v) is 3.23. The van der Waals surface area contributed by atoms with Crippen LogP contribution in [0.1, 0.15) is 13.8 Å². The zero-order chi connectivity index (χ0) is 8.97. The van der Waals surface area contributed by atoms with Gasteiger partial charge >= 0.3 is 6.01 Å². The second-order valence-electron chi connectivity index (χ2n) is 2.31. The van der Waals surface area contributed by atoms with E-state index in [0.29, 0.717) is 0 Å². The molecule has 0 fully saturated rings. The molecular formula is C7H8BrN3O. The first-order valence-corrected chi connectivity index (χ1v) is 4.13. The van der Waals surface area contributed by atoms with Crippen LogP contribution in [0.25, 0.3) is 0 Å². The largest absolute Gasteiger partial charge is 0.345 e. The molecule has 1 aromatic heterocycles. The summed E-state index contributed by atoms with van der Waals surface area (Å²) in [6.45, 7) is 3.66. The molecule has 0 bridgehead atoms. The fraction of sp³-hybridized carbons (Fsp3) is 0.286. The average molecular weight is 230 g/mol. The highest BCUT2D eigenvalue weighted by Crippen LogP contribution is 2.08. The van der Waals surface area contributed by atoms with Gasteiger partial charge in [-0.15, -0.1) is 0 Å². The Hall–Kier alpha value is -0.970. The van der Waals surface area contributed by atoms with Gasteiger partial charge in [-0.25, -0.2) is 9.97 Å². The maximum absolute atomic E-state index is 4.87. The maximum atomic E-state index is 4.87. The van der Waals surface area contributed by atoms with Crippen molar-refractivity contribution in [3.8, 4) is 6.01 Å². The van der Waals surface area contributed by atoms with Crippen molar-refractivity contribution < 1.29 is 4.84 Å². The van der Waals surface area contributed by atoms with E-state index >= 15 is 0 Å². The third-order valence-electron chi connectivity index (χ3n) is 0.907. The number of oxime groups is 1. The Labute approximate surface area is 78.8 Å². The van der Waals surface area contributed by atoms with Crippen LogP contribution in [0.5, 0.6) is 6.01 Å². The SMILES string of the molecule is CC(C)=NOc1ncc(Br)cn1. The molecule has 1 rings (SSSR count).